The molecule has 106 valence electrons. The molecule has 2 rings (SSSR count). The van der Waals surface area contributed by atoms with Crippen molar-refractivity contribution in [2.24, 2.45) is 5.41 Å². The van der Waals surface area contributed by atoms with E-state index in [-0.39, 0.29) is 11.2 Å². The van der Waals surface area contributed by atoms with Gasteiger partial charge in [-0.15, -0.1) is 0 Å². The fraction of sp³-hybridized carbons (Fsp3) is 0.615. The van der Waals surface area contributed by atoms with E-state index in [0.29, 0.717) is 19.8 Å². The number of anilines is 1. The Hall–Kier alpha value is -1.30. The molecular formula is C13H17F3N2O. The summed E-state index contributed by atoms with van der Waals surface area (Å²) in [5, 5.41) is 2.84. The van der Waals surface area contributed by atoms with Gasteiger partial charge in [-0.2, -0.15) is 13.2 Å². The molecule has 0 saturated carbocycles. The van der Waals surface area contributed by atoms with E-state index < -0.39 is 11.7 Å². The van der Waals surface area contributed by atoms with Crippen LogP contribution in [0.1, 0.15) is 25.3 Å². The summed E-state index contributed by atoms with van der Waals surface area (Å²) in [4.78, 5) is 3.80. The summed E-state index contributed by atoms with van der Waals surface area (Å²) in [6, 6.07) is 2.34. The van der Waals surface area contributed by atoms with Gasteiger partial charge in [0.1, 0.15) is 5.82 Å². The second-order valence-corrected chi connectivity index (χ2v) is 5.17. The molecule has 0 aliphatic carbocycles. The lowest BCUT2D eigenvalue weighted by atomic mass is 9.82. The van der Waals surface area contributed by atoms with E-state index in [9.17, 15) is 13.2 Å². The van der Waals surface area contributed by atoms with Gasteiger partial charge in [-0.3, -0.25) is 0 Å². The maximum atomic E-state index is 12.8. The average Bonchev–Trinajstić information content (AvgIpc) is 2.37. The van der Waals surface area contributed by atoms with Gasteiger partial charge in [-0.25, -0.2) is 4.98 Å². The first-order chi connectivity index (χ1) is 8.91. The highest BCUT2D eigenvalue weighted by atomic mass is 19.4. The van der Waals surface area contributed by atoms with Crippen LogP contribution in [-0.4, -0.2) is 24.7 Å². The summed E-state index contributed by atoms with van der Waals surface area (Å²) in [6.45, 7) is 3.84. The second-order valence-electron chi connectivity index (χ2n) is 5.17. The van der Waals surface area contributed by atoms with Gasteiger partial charge in [0, 0.05) is 26.0 Å². The van der Waals surface area contributed by atoms with Crippen molar-refractivity contribution < 1.29 is 17.9 Å². The largest absolute Gasteiger partial charge is 0.419 e. The van der Waals surface area contributed by atoms with Crippen LogP contribution < -0.4 is 5.32 Å². The zero-order chi connectivity index (χ0) is 13.9. The Kier molecular flexibility index (Phi) is 3.99. The van der Waals surface area contributed by atoms with E-state index in [0.717, 1.165) is 18.9 Å². The molecule has 1 saturated heterocycles. The molecule has 1 N–H and O–H groups in total. The Morgan fingerprint density at radius 2 is 2.05 bits per heavy atom. The van der Waals surface area contributed by atoms with Crippen molar-refractivity contribution in [3.05, 3.63) is 23.9 Å². The standard InChI is InChI=1S/C13H17F3N2O/c1-12(4-7-19-8-5-12)9-18-11-10(13(14,15)16)3-2-6-17-11/h2-3,6H,4-5,7-9H2,1H3,(H,17,18). The molecule has 0 amide bonds. The van der Waals surface area contributed by atoms with Crippen LogP contribution in [0.2, 0.25) is 0 Å². The summed E-state index contributed by atoms with van der Waals surface area (Å²) in [5.74, 6) is -0.0947. The Morgan fingerprint density at radius 1 is 1.37 bits per heavy atom. The van der Waals surface area contributed by atoms with E-state index in [1.54, 1.807) is 0 Å². The highest BCUT2D eigenvalue weighted by Crippen LogP contribution is 2.35. The summed E-state index contributed by atoms with van der Waals surface area (Å²) in [5.41, 5.74) is -0.760. The zero-order valence-corrected chi connectivity index (χ0v) is 10.8. The average molecular weight is 274 g/mol. The minimum Gasteiger partial charge on any atom is -0.381 e. The second kappa shape index (κ2) is 5.36. The molecule has 19 heavy (non-hydrogen) atoms. The van der Waals surface area contributed by atoms with E-state index >= 15 is 0 Å². The molecule has 0 spiro atoms. The van der Waals surface area contributed by atoms with Gasteiger partial charge in [-0.05, 0) is 30.4 Å². The van der Waals surface area contributed by atoms with Gasteiger partial charge >= 0.3 is 6.18 Å². The molecule has 1 aromatic rings. The monoisotopic (exact) mass is 274 g/mol. The number of ether oxygens (including phenoxy) is 1. The highest BCUT2D eigenvalue weighted by molar-refractivity contribution is 5.45. The number of nitrogens with zero attached hydrogens (tertiary/aromatic N) is 1. The number of hydrogen-bond acceptors (Lipinski definition) is 3. The summed E-state index contributed by atoms with van der Waals surface area (Å²) in [7, 11) is 0. The van der Waals surface area contributed by atoms with Gasteiger partial charge in [0.05, 0.1) is 5.56 Å². The van der Waals surface area contributed by atoms with Gasteiger partial charge in [-0.1, -0.05) is 6.92 Å². The number of rotatable bonds is 3. The molecule has 0 radical (unpaired) electrons. The quantitative estimate of drug-likeness (QED) is 0.918. The summed E-state index contributed by atoms with van der Waals surface area (Å²) < 4.78 is 43.7. The lowest BCUT2D eigenvalue weighted by molar-refractivity contribution is -0.137. The molecular weight excluding hydrogens is 257 g/mol. The van der Waals surface area contributed by atoms with E-state index in [1.165, 1.54) is 12.3 Å². The molecule has 3 nitrogen and oxygen atoms in total. The van der Waals surface area contributed by atoms with Gasteiger partial charge in [0.2, 0.25) is 0 Å². The first-order valence-electron chi connectivity index (χ1n) is 6.25. The third kappa shape index (κ3) is 3.59. The molecule has 6 heteroatoms. The molecule has 1 aliphatic rings. The van der Waals surface area contributed by atoms with E-state index in [4.69, 9.17) is 4.74 Å². The number of pyridine rings is 1. The topological polar surface area (TPSA) is 34.2 Å². The molecule has 1 aromatic heterocycles. The molecule has 0 bridgehead atoms. The fourth-order valence-electron chi connectivity index (χ4n) is 2.11. The lowest BCUT2D eigenvalue weighted by Crippen LogP contribution is -2.33. The zero-order valence-electron chi connectivity index (χ0n) is 10.8. The van der Waals surface area contributed by atoms with Gasteiger partial charge in [0.25, 0.3) is 0 Å². The summed E-state index contributed by atoms with van der Waals surface area (Å²) >= 11 is 0. The third-order valence-corrected chi connectivity index (χ3v) is 3.50. The first kappa shape index (κ1) is 14.1. The number of hydrogen-bond donors (Lipinski definition) is 1. The van der Waals surface area contributed by atoms with Crippen LogP contribution in [0.5, 0.6) is 0 Å². The minimum atomic E-state index is -4.38. The molecule has 1 fully saturated rings. The van der Waals surface area contributed by atoms with Crippen molar-refractivity contribution >= 4 is 5.82 Å². The van der Waals surface area contributed by atoms with Crippen molar-refractivity contribution in [3.63, 3.8) is 0 Å². The first-order valence-corrected chi connectivity index (χ1v) is 6.25. The predicted molar refractivity (Wildman–Crippen MR) is 65.9 cm³/mol. The van der Waals surface area contributed by atoms with E-state index in [1.807, 2.05) is 0 Å². The van der Waals surface area contributed by atoms with Crippen molar-refractivity contribution in [1.82, 2.24) is 4.98 Å². The molecule has 2 heterocycles. The number of aromatic nitrogens is 1. The fourth-order valence-corrected chi connectivity index (χ4v) is 2.11. The van der Waals surface area contributed by atoms with Crippen molar-refractivity contribution in [1.29, 1.82) is 0 Å². The number of halogens is 3. The molecule has 0 unspecified atom stereocenters. The summed E-state index contributed by atoms with van der Waals surface area (Å²) in [6.07, 6.45) is -1.33. The van der Waals surface area contributed by atoms with Gasteiger partial charge in [0.15, 0.2) is 0 Å². The maximum absolute atomic E-state index is 12.8. The maximum Gasteiger partial charge on any atom is 0.419 e. The van der Waals surface area contributed by atoms with Crippen molar-refractivity contribution in [2.75, 3.05) is 25.1 Å². The smallest absolute Gasteiger partial charge is 0.381 e. The Labute approximate surface area is 110 Å². The lowest BCUT2D eigenvalue weighted by Gasteiger charge is -2.34. The minimum absolute atomic E-state index is 0.0430. The van der Waals surface area contributed by atoms with Crippen molar-refractivity contribution in [2.45, 2.75) is 25.9 Å². The third-order valence-electron chi connectivity index (χ3n) is 3.50. The van der Waals surface area contributed by atoms with Crippen LogP contribution in [0.4, 0.5) is 19.0 Å². The highest BCUT2D eigenvalue weighted by Gasteiger charge is 2.35. The van der Waals surface area contributed by atoms with Gasteiger partial charge < -0.3 is 10.1 Å². The van der Waals surface area contributed by atoms with Crippen LogP contribution in [-0.2, 0) is 10.9 Å². The molecule has 1 aliphatic heterocycles. The Balaban J connectivity index is 2.07. The van der Waals surface area contributed by atoms with E-state index in [2.05, 4.69) is 17.2 Å². The van der Waals surface area contributed by atoms with Crippen LogP contribution in [0.3, 0.4) is 0 Å². The van der Waals surface area contributed by atoms with Crippen LogP contribution in [0.15, 0.2) is 18.3 Å². The molecule has 0 aromatic carbocycles. The molecule has 0 atom stereocenters. The Morgan fingerprint density at radius 3 is 2.68 bits per heavy atom. The van der Waals surface area contributed by atoms with Crippen LogP contribution >= 0.6 is 0 Å². The SMILES string of the molecule is CC1(CNc2ncccc2C(F)(F)F)CCOCC1. The van der Waals surface area contributed by atoms with Crippen LogP contribution in [0, 0.1) is 5.41 Å². The number of alkyl halides is 3. The van der Waals surface area contributed by atoms with Crippen LogP contribution in [0.25, 0.3) is 0 Å². The normalized spacial score (nSPS) is 19.2. The Bertz CT molecular complexity index is 428. The number of nitrogens with one attached hydrogen (secondary N) is 1. The predicted octanol–water partition coefficient (Wildman–Crippen LogP) is 3.33. The van der Waals surface area contributed by atoms with Crippen molar-refractivity contribution in [3.8, 4) is 0 Å².